The average molecular weight is 805 g/mol. The van der Waals surface area contributed by atoms with E-state index in [1.807, 2.05) is 19.9 Å². The van der Waals surface area contributed by atoms with Crippen LogP contribution in [0.1, 0.15) is 125 Å². The lowest BCUT2D eigenvalue weighted by Crippen LogP contribution is -2.60. The highest BCUT2D eigenvalue weighted by molar-refractivity contribution is 5.76. The van der Waals surface area contributed by atoms with Crippen molar-refractivity contribution in [3.63, 3.8) is 0 Å². The molecule has 7 heterocycles. The van der Waals surface area contributed by atoms with Crippen LogP contribution in [0.3, 0.4) is 0 Å². The van der Waals surface area contributed by atoms with Crippen molar-refractivity contribution in [2.24, 2.45) is 17.8 Å². The molecule has 5 N–H and O–H groups in total. The van der Waals surface area contributed by atoms with Gasteiger partial charge in [-0.05, 0) is 95.6 Å². The highest BCUT2D eigenvalue weighted by atomic mass is 16.7. The lowest BCUT2D eigenvalue weighted by Gasteiger charge is -2.50. The minimum Gasteiger partial charge on any atom is -0.479 e. The van der Waals surface area contributed by atoms with Crippen LogP contribution in [0.2, 0.25) is 0 Å². The molecule has 0 unspecified atom stereocenters. The Hall–Kier alpha value is -1.75. The van der Waals surface area contributed by atoms with E-state index in [1.54, 1.807) is 6.08 Å². The van der Waals surface area contributed by atoms with Crippen molar-refractivity contribution < 1.29 is 63.5 Å². The average Bonchev–Trinajstić information content (AvgIpc) is 3.56. The van der Waals surface area contributed by atoms with Gasteiger partial charge in [-0.2, -0.15) is 0 Å². The van der Waals surface area contributed by atoms with Gasteiger partial charge in [-0.25, -0.2) is 4.79 Å². The highest BCUT2D eigenvalue weighted by Crippen LogP contribution is 2.47. The molecule has 7 rings (SSSR count). The van der Waals surface area contributed by atoms with Crippen LogP contribution in [0.15, 0.2) is 36.0 Å². The molecule has 6 saturated heterocycles. The van der Waals surface area contributed by atoms with E-state index in [2.05, 4.69) is 26.5 Å². The number of carbonyl (C=O) groups is 1. The van der Waals surface area contributed by atoms with E-state index in [4.69, 9.17) is 33.2 Å². The van der Waals surface area contributed by atoms with Gasteiger partial charge in [0.2, 0.25) is 5.79 Å². The number of carboxylic acid groups (broad SMARTS) is 1. The van der Waals surface area contributed by atoms with Gasteiger partial charge < -0.3 is 58.7 Å². The Balaban J connectivity index is 0.916. The van der Waals surface area contributed by atoms with Crippen molar-refractivity contribution in [3.8, 4) is 0 Å². The highest BCUT2D eigenvalue weighted by Gasteiger charge is 2.55. The van der Waals surface area contributed by atoms with Gasteiger partial charge in [-0.15, -0.1) is 0 Å². The first kappa shape index (κ1) is 43.3. The Morgan fingerprint density at radius 3 is 2.53 bits per heavy atom. The van der Waals surface area contributed by atoms with Crippen LogP contribution in [-0.4, -0.2) is 122 Å². The molecule has 57 heavy (non-hydrogen) atoms. The first-order valence-corrected chi connectivity index (χ1v) is 21.7. The van der Waals surface area contributed by atoms with E-state index in [1.165, 1.54) is 6.92 Å². The number of hydrogen-bond donors (Lipinski definition) is 5. The van der Waals surface area contributed by atoms with Crippen molar-refractivity contribution in [2.45, 2.75) is 209 Å². The first-order valence-electron chi connectivity index (χ1n) is 21.7. The van der Waals surface area contributed by atoms with Gasteiger partial charge in [0, 0.05) is 37.5 Å². The topological polar surface area (TPSA) is 183 Å². The lowest BCUT2D eigenvalue weighted by molar-refractivity contribution is -0.326. The van der Waals surface area contributed by atoms with E-state index in [0.717, 1.165) is 50.7 Å². The van der Waals surface area contributed by atoms with E-state index < -0.39 is 71.7 Å². The molecule has 17 atom stereocenters. The van der Waals surface area contributed by atoms with Gasteiger partial charge in [0.1, 0.15) is 24.4 Å². The normalized spacial score (nSPS) is 45.4. The smallest absolute Gasteiger partial charge is 0.335 e. The third kappa shape index (κ3) is 9.00. The minimum atomic E-state index is -1.96. The van der Waals surface area contributed by atoms with Crippen LogP contribution in [0.25, 0.3) is 0 Å². The van der Waals surface area contributed by atoms with E-state index in [9.17, 15) is 30.3 Å². The Labute approximate surface area is 337 Å². The second-order valence-electron chi connectivity index (χ2n) is 18.8. The standard InChI is InChI=1S/C44H68O13/c1-25-21-35(56-44(23-25)36(46)14-13-31(54-44)24-41(6,50)40(48)49)26(2)11-12-30-15-18-42(53-30)19-16-34-39(57-42)37(47)29(5)38(52-34)32(45)22-27(3)33-10-7-17-43(55-33)28(4)9-8-20-51-43/h11-12,23,26-28,30-39,45-47,50H,5,7-10,13-22,24H2,1-4,6H3,(H,48,49)/t26-,27+,28-,30+,31+,32+,33+,34-,35+,36-,37-,38+,39-,41+,42-,43-,44-/m1/s1. The van der Waals surface area contributed by atoms with Crippen molar-refractivity contribution in [2.75, 3.05) is 6.61 Å². The number of rotatable bonds is 10. The van der Waals surface area contributed by atoms with Gasteiger partial charge in [-0.3, -0.25) is 0 Å². The fourth-order valence-electron chi connectivity index (χ4n) is 10.5. The van der Waals surface area contributed by atoms with Crippen LogP contribution in [-0.2, 0) is 38.0 Å². The summed E-state index contributed by atoms with van der Waals surface area (Å²) < 4.78 is 45.3. The molecule has 13 heteroatoms. The molecule has 7 aliphatic heterocycles. The molecule has 3 spiro atoms. The number of aliphatic hydroxyl groups is 4. The minimum absolute atomic E-state index is 0.0262. The zero-order valence-electron chi connectivity index (χ0n) is 34.6. The summed E-state index contributed by atoms with van der Waals surface area (Å²) in [6.45, 7) is 14.5. The summed E-state index contributed by atoms with van der Waals surface area (Å²) in [6, 6.07) is 0. The number of aliphatic hydroxyl groups excluding tert-OH is 3. The maximum Gasteiger partial charge on any atom is 0.335 e. The monoisotopic (exact) mass is 804 g/mol. The second-order valence-corrected chi connectivity index (χ2v) is 18.8. The van der Waals surface area contributed by atoms with Crippen molar-refractivity contribution >= 4 is 5.97 Å². The number of ether oxygens (including phenoxy) is 7. The summed E-state index contributed by atoms with van der Waals surface area (Å²) in [6.07, 6.45) is 9.41. The largest absolute Gasteiger partial charge is 0.479 e. The maximum atomic E-state index is 11.6. The molecule has 0 aromatic heterocycles. The number of aliphatic carboxylic acids is 1. The van der Waals surface area contributed by atoms with Crippen LogP contribution in [0.4, 0.5) is 0 Å². The number of hydrogen-bond acceptors (Lipinski definition) is 12. The van der Waals surface area contributed by atoms with Gasteiger partial charge in [-0.1, -0.05) is 45.1 Å². The van der Waals surface area contributed by atoms with Crippen molar-refractivity contribution in [3.05, 3.63) is 36.0 Å². The van der Waals surface area contributed by atoms with E-state index in [0.29, 0.717) is 56.4 Å². The molecule has 7 aliphatic rings. The predicted molar refractivity (Wildman–Crippen MR) is 208 cm³/mol. The second kappa shape index (κ2) is 17.0. The van der Waals surface area contributed by atoms with Crippen LogP contribution in [0, 0.1) is 17.8 Å². The summed E-state index contributed by atoms with van der Waals surface area (Å²) in [5.74, 6) is -3.83. The van der Waals surface area contributed by atoms with Gasteiger partial charge in [0.05, 0.1) is 43.2 Å². The molecule has 0 aromatic carbocycles. The molecule has 13 nitrogen and oxygen atoms in total. The molecule has 0 aromatic rings. The third-order valence-corrected chi connectivity index (χ3v) is 14.1. The van der Waals surface area contributed by atoms with Crippen LogP contribution in [0.5, 0.6) is 0 Å². The molecule has 0 amide bonds. The molecular weight excluding hydrogens is 736 g/mol. The van der Waals surface area contributed by atoms with Gasteiger partial charge >= 0.3 is 5.97 Å². The quantitative estimate of drug-likeness (QED) is 0.182. The Bertz CT molecular complexity index is 1510. The van der Waals surface area contributed by atoms with E-state index >= 15 is 0 Å². The molecular formula is C44H68O13. The fourth-order valence-corrected chi connectivity index (χ4v) is 10.5. The molecule has 0 aliphatic carbocycles. The fraction of sp³-hybridized carbons (Fsp3) is 0.841. The predicted octanol–water partition coefficient (Wildman–Crippen LogP) is 5.21. The van der Waals surface area contributed by atoms with E-state index in [-0.39, 0.29) is 36.6 Å². The zero-order valence-corrected chi connectivity index (χ0v) is 34.6. The molecule has 0 radical (unpaired) electrons. The number of fused-ring (bicyclic) bond motifs is 1. The Morgan fingerprint density at radius 2 is 1.77 bits per heavy atom. The van der Waals surface area contributed by atoms with Crippen molar-refractivity contribution in [1.29, 1.82) is 0 Å². The SMILES string of the molecule is C=C1[C@@H](O)[C@@H]2O[C@]3(CC[C@H](C=C[C@@H](C)[C@@H]4CC(C)=C[C@@]5(O[C@H](C[C@](C)(O)C(=O)O)CC[C@H]5O)O4)O3)CC[C@H]2O[C@@H]1[C@@H](O)C[C@H](C)[C@@H]1CCC[C@@]2(OCCC[C@H]2C)O1. The molecule has 322 valence electrons. The summed E-state index contributed by atoms with van der Waals surface area (Å²) in [5.41, 5.74) is -0.550. The maximum absolute atomic E-state index is 11.6. The molecule has 6 fully saturated rings. The van der Waals surface area contributed by atoms with Gasteiger partial charge in [0.25, 0.3) is 0 Å². The van der Waals surface area contributed by atoms with Crippen molar-refractivity contribution in [1.82, 2.24) is 0 Å². The molecule has 0 bridgehead atoms. The summed E-state index contributed by atoms with van der Waals surface area (Å²) >= 11 is 0. The van der Waals surface area contributed by atoms with Gasteiger partial charge in [0.15, 0.2) is 17.2 Å². The van der Waals surface area contributed by atoms with Crippen LogP contribution < -0.4 is 0 Å². The summed E-state index contributed by atoms with van der Waals surface area (Å²) in [5, 5.41) is 54.0. The Morgan fingerprint density at radius 1 is 1.00 bits per heavy atom. The van der Waals surface area contributed by atoms with Crippen LogP contribution >= 0.6 is 0 Å². The third-order valence-electron chi connectivity index (χ3n) is 14.1. The zero-order chi connectivity index (χ0) is 40.9. The number of carboxylic acids is 1. The summed E-state index contributed by atoms with van der Waals surface area (Å²) in [4.78, 5) is 11.6. The Kier molecular flexibility index (Phi) is 12.9. The lowest BCUT2D eigenvalue weighted by atomic mass is 9.81. The first-order chi connectivity index (χ1) is 26.9. The summed E-state index contributed by atoms with van der Waals surface area (Å²) in [7, 11) is 0. The molecule has 0 saturated carbocycles.